The van der Waals surface area contributed by atoms with Gasteiger partial charge in [0.2, 0.25) is 0 Å². The molecule has 1 rings (SSSR count). The number of hydrogen-bond acceptors (Lipinski definition) is 3. The molecule has 14 heavy (non-hydrogen) atoms. The summed E-state index contributed by atoms with van der Waals surface area (Å²) in [4.78, 5) is 3.49. The van der Waals surface area contributed by atoms with Crippen LogP contribution in [0, 0.1) is 0 Å². The third-order valence-electron chi connectivity index (χ3n) is 1.98. The molecule has 0 aliphatic heterocycles. The molecule has 0 radical (unpaired) electrons. The minimum Gasteiger partial charge on any atom is -0.383 e. The fourth-order valence-electron chi connectivity index (χ4n) is 1.20. The Hall–Kier alpha value is -0.670. The highest BCUT2D eigenvalue weighted by Crippen LogP contribution is 2.24. The maximum atomic E-state index is 3.43. The number of benzene rings is 1. The second-order valence-electron chi connectivity index (χ2n) is 3.43. The maximum absolute atomic E-state index is 3.43. The van der Waals surface area contributed by atoms with Crippen molar-refractivity contribution in [2.24, 2.45) is 0 Å². The lowest BCUT2D eigenvalue weighted by Gasteiger charge is -2.13. The molecule has 0 unspecified atom stereocenters. The first-order chi connectivity index (χ1) is 6.74. The van der Waals surface area contributed by atoms with E-state index in [1.807, 2.05) is 0 Å². The SMILES string of the molecule is CSc1ccccc1NCCN(C)C. The third kappa shape index (κ3) is 3.60. The van der Waals surface area contributed by atoms with Crippen LogP contribution < -0.4 is 5.32 Å². The van der Waals surface area contributed by atoms with Crippen molar-refractivity contribution in [3.63, 3.8) is 0 Å². The van der Waals surface area contributed by atoms with Gasteiger partial charge in [0.25, 0.3) is 0 Å². The first-order valence-electron chi connectivity index (χ1n) is 4.75. The highest BCUT2D eigenvalue weighted by Gasteiger charge is 1.98. The zero-order chi connectivity index (χ0) is 10.4. The second-order valence-corrected chi connectivity index (χ2v) is 4.28. The number of hydrogen-bond donors (Lipinski definition) is 1. The van der Waals surface area contributed by atoms with Crippen molar-refractivity contribution in [1.82, 2.24) is 4.90 Å². The summed E-state index contributed by atoms with van der Waals surface area (Å²) in [5.41, 5.74) is 1.24. The molecule has 0 saturated heterocycles. The Morgan fingerprint density at radius 1 is 1.29 bits per heavy atom. The third-order valence-corrected chi connectivity index (χ3v) is 2.78. The summed E-state index contributed by atoms with van der Waals surface area (Å²) < 4.78 is 0. The molecule has 1 aromatic rings. The Morgan fingerprint density at radius 2 is 2.00 bits per heavy atom. The molecule has 0 atom stereocenters. The van der Waals surface area contributed by atoms with Gasteiger partial charge in [-0.25, -0.2) is 0 Å². The van der Waals surface area contributed by atoms with E-state index in [-0.39, 0.29) is 0 Å². The van der Waals surface area contributed by atoms with E-state index < -0.39 is 0 Å². The largest absolute Gasteiger partial charge is 0.383 e. The summed E-state index contributed by atoms with van der Waals surface area (Å²) in [5.74, 6) is 0. The molecule has 2 nitrogen and oxygen atoms in total. The van der Waals surface area contributed by atoms with Crippen molar-refractivity contribution < 1.29 is 0 Å². The van der Waals surface area contributed by atoms with Gasteiger partial charge in [-0.15, -0.1) is 11.8 Å². The van der Waals surface area contributed by atoms with Crippen LogP contribution in [0.4, 0.5) is 5.69 Å². The van der Waals surface area contributed by atoms with E-state index in [0.717, 1.165) is 13.1 Å². The molecule has 0 amide bonds. The Balaban J connectivity index is 2.49. The van der Waals surface area contributed by atoms with Gasteiger partial charge in [-0.1, -0.05) is 12.1 Å². The molecule has 3 heteroatoms. The Kier molecular flexibility index (Phi) is 4.84. The monoisotopic (exact) mass is 210 g/mol. The normalized spacial score (nSPS) is 10.6. The van der Waals surface area contributed by atoms with Crippen LogP contribution in [0.15, 0.2) is 29.2 Å². The van der Waals surface area contributed by atoms with Crippen LogP contribution >= 0.6 is 11.8 Å². The van der Waals surface area contributed by atoms with Gasteiger partial charge in [0.1, 0.15) is 0 Å². The number of para-hydroxylation sites is 1. The Morgan fingerprint density at radius 3 is 2.64 bits per heavy atom. The van der Waals surface area contributed by atoms with Crippen LogP contribution in [0.1, 0.15) is 0 Å². The van der Waals surface area contributed by atoms with Gasteiger partial charge in [-0.3, -0.25) is 0 Å². The van der Waals surface area contributed by atoms with Gasteiger partial charge in [-0.05, 0) is 32.5 Å². The lowest BCUT2D eigenvalue weighted by molar-refractivity contribution is 0.425. The topological polar surface area (TPSA) is 15.3 Å². The van der Waals surface area contributed by atoms with Crippen LogP contribution in [0.3, 0.4) is 0 Å². The molecule has 0 bridgehead atoms. The molecule has 1 N–H and O–H groups in total. The summed E-state index contributed by atoms with van der Waals surface area (Å²) in [6.45, 7) is 2.05. The molecule has 0 fully saturated rings. The fraction of sp³-hybridized carbons (Fsp3) is 0.455. The van der Waals surface area contributed by atoms with Gasteiger partial charge in [-0.2, -0.15) is 0 Å². The smallest absolute Gasteiger partial charge is 0.0478 e. The zero-order valence-electron chi connectivity index (χ0n) is 9.08. The molecule has 0 aliphatic carbocycles. The lowest BCUT2D eigenvalue weighted by atomic mass is 10.3. The van der Waals surface area contributed by atoms with Crippen LogP contribution in [-0.4, -0.2) is 38.3 Å². The van der Waals surface area contributed by atoms with E-state index in [1.165, 1.54) is 10.6 Å². The van der Waals surface area contributed by atoms with Gasteiger partial charge >= 0.3 is 0 Å². The Bertz CT molecular complexity index is 274. The van der Waals surface area contributed by atoms with E-state index in [9.17, 15) is 0 Å². The molecule has 0 heterocycles. The van der Waals surface area contributed by atoms with Crippen LogP contribution in [0.5, 0.6) is 0 Å². The van der Waals surface area contributed by atoms with E-state index in [1.54, 1.807) is 11.8 Å². The minimum absolute atomic E-state index is 0.991. The van der Waals surface area contributed by atoms with Crippen molar-refractivity contribution in [3.8, 4) is 0 Å². The molecule has 78 valence electrons. The number of likely N-dealkylation sites (N-methyl/N-ethyl adjacent to an activating group) is 1. The van der Waals surface area contributed by atoms with E-state index >= 15 is 0 Å². The molecule has 0 spiro atoms. The summed E-state index contributed by atoms with van der Waals surface area (Å²) in [6.07, 6.45) is 2.10. The summed E-state index contributed by atoms with van der Waals surface area (Å²) in [6, 6.07) is 8.41. The van der Waals surface area contributed by atoms with Gasteiger partial charge < -0.3 is 10.2 Å². The van der Waals surface area contributed by atoms with E-state index in [0.29, 0.717) is 0 Å². The second kappa shape index (κ2) is 5.94. The number of nitrogens with one attached hydrogen (secondary N) is 1. The summed E-state index contributed by atoms with van der Waals surface area (Å²) >= 11 is 1.78. The summed E-state index contributed by atoms with van der Waals surface area (Å²) in [7, 11) is 4.17. The van der Waals surface area contributed by atoms with Crippen molar-refractivity contribution in [1.29, 1.82) is 0 Å². The van der Waals surface area contributed by atoms with Crippen molar-refractivity contribution >= 4 is 17.4 Å². The highest BCUT2D eigenvalue weighted by molar-refractivity contribution is 7.98. The number of rotatable bonds is 5. The molecular formula is C11H18N2S. The molecular weight excluding hydrogens is 192 g/mol. The van der Waals surface area contributed by atoms with Crippen LogP contribution in [-0.2, 0) is 0 Å². The van der Waals surface area contributed by atoms with Crippen LogP contribution in [0.2, 0.25) is 0 Å². The standard InChI is InChI=1S/C11H18N2S/c1-13(2)9-8-12-10-6-4-5-7-11(10)14-3/h4-7,12H,8-9H2,1-3H3. The van der Waals surface area contributed by atoms with Crippen molar-refractivity contribution in [2.45, 2.75) is 4.90 Å². The number of thioether (sulfide) groups is 1. The van der Waals surface area contributed by atoms with Gasteiger partial charge in [0, 0.05) is 23.7 Å². The predicted molar refractivity (Wildman–Crippen MR) is 65.3 cm³/mol. The molecule has 0 aromatic heterocycles. The van der Waals surface area contributed by atoms with E-state index in [2.05, 4.69) is 54.8 Å². The predicted octanol–water partition coefficient (Wildman–Crippen LogP) is 2.38. The average Bonchev–Trinajstić information content (AvgIpc) is 2.18. The highest BCUT2D eigenvalue weighted by atomic mass is 32.2. The van der Waals surface area contributed by atoms with Crippen molar-refractivity contribution in [3.05, 3.63) is 24.3 Å². The van der Waals surface area contributed by atoms with E-state index in [4.69, 9.17) is 0 Å². The lowest BCUT2D eigenvalue weighted by Crippen LogP contribution is -2.20. The van der Waals surface area contributed by atoms with Crippen molar-refractivity contribution in [2.75, 3.05) is 38.8 Å². The van der Waals surface area contributed by atoms with Crippen LogP contribution in [0.25, 0.3) is 0 Å². The quantitative estimate of drug-likeness (QED) is 0.751. The number of nitrogens with zero attached hydrogens (tertiary/aromatic N) is 1. The fourth-order valence-corrected chi connectivity index (χ4v) is 1.78. The number of anilines is 1. The van der Waals surface area contributed by atoms with Gasteiger partial charge in [0.15, 0.2) is 0 Å². The maximum Gasteiger partial charge on any atom is 0.0478 e. The summed E-state index contributed by atoms with van der Waals surface area (Å²) in [5, 5.41) is 3.43. The average molecular weight is 210 g/mol. The molecule has 0 saturated carbocycles. The molecule has 0 aliphatic rings. The van der Waals surface area contributed by atoms with Gasteiger partial charge in [0.05, 0.1) is 0 Å². The zero-order valence-corrected chi connectivity index (χ0v) is 9.90. The Labute approximate surface area is 90.7 Å². The first-order valence-corrected chi connectivity index (χ1v) is 5.98. The molecule has 1 aromatic carbocycles. The minimum atomic E-state index is 0.991. The first kappa shape index (κ1) is 11.4.